The summed E-state index contributed by atoms with van der Waals surface area (Å²) in [6, 6.07) is 2.81. The number of piperidine rings is 1. The topological polar surface area (TPSA) is 142 Å². The van der Waals surface area contributed by atoms with E-state index in [-0.39, 0.29) is 59.1 Å². The van der Waals surface area contributed by atoms with Gasteiger partial charge >= 0.3 is 6.18 Å². The number of carbonyl (C=O) groups is 2. The first kappa shape index (κ1) is 30.8. The number of rotatable bonds is 7. The zero-order chi connectivity index (χ0) is 32.1. The molecule has 0 bridgehead atoms. The van der Waals surface area contributed by atoms with Crippen LogP contribution < -0.4 is 20.3 Å². The van der Waals surface area contributed by atoms with Crippen LogP contribution in [0.15, 0.2) is 22.7 Å². The van der Waals surface area contributed by atoms with E-state index in [1.165, 1.54) is 19.2 Å². The van der Waals surface area contributed by atoms with Crippen LogP contribution in [0.5, 0.6) is 5.88 Å². The molecule has 2 amide bonds. The smallest absolute Gasteiger partial charge is 0.451 e. The van der Waals surface area contributed by atoms with Gasteiger partial charge in [0.1, 0.15) is 5.69 Å². The highest BCUT2D eigenvalue weighted by Gasteiger charge is 2.55. The molecule has 3 aromatic heterocycles. The number of ether oxygens (including phenoxy) is 1. The lowest BCUT2D eigenvalue weighted by Gasteiger charge is -2.39. The van der Waals surface area contributed by atoms with E-state index in [1.54, 1.807) is 9.80 Å². The van der Waals surface area contributed by atoms with E-state index >= 15 is 0 Å². The van der Waals surface area contributed by atoms with Crippen molar-refractivity contribution in [1.82, 2.24) is 35.7 Å². The van der Waals surface area contributed by atoms with Gasteiger partial charge in [-0.25, -0.2) is 9.37 Å². The molecule has 5 heterocycles. The third kappa shape index (κ3) is 6.19. The number of halogens is 4. The number of aromatic nitrogens is 4. The van der Waals surface area contributed by atoms with Gasteiger partial charge in [-0.3, -0.25) is 14.7 Å². The van der Waals surface area contributed by atoms with E-state index in [0.29, 0.717) is 38.8 Å². The van der Waals surface area contributed by atoms with Crippen molar-refractivity contribution < 1.29 is 36.3 Å². The minimum absolute atomic E-state index is 0.0363. The lowest BCUT2D eigenvalue weighted by Crippen LogP contribution is -2.54. The van der Waals surface area contributed by atoms with Crippen molar-refractivity contribution in [3.63, 3.8) is 0 Å². The van der Waals surface area contributed by atoms with Crippen LogP contribution in [0.1, 0.15) is 61.5 Å². The van der Waals surface area contributed by atoms with Crippen LogP contribution in [0, 0.1) is 11.7 Å². The lowest BCUT2D eigenvalue weighted by atomic mass is 9.88. The number of piperazine rings is 1. The van der Waals surface area contributed by atoms with E-state index < -0.39 is 41.7 Å². The van der Waals surface area contributed by atoms with Crippen LogP contribution in [-0.2, 0) is 17.5 Å². The van der Waals surface area contributed by atoms with Crippen LogP contribution in [0.25, 0.3) is 11.3 Å². The SMILES string of the molecule is COc1cc(-c2cc(C(=O)N3CC[C@H](C(=O)NCc4nc(N5C[C@@H](C)N[C@@H](C)C5)oc4C(F)(F)F)CC34CC4)n[nH]2)c(F)cn1. The van der Waals surface area contributed by atoms with Crippen molar-refractivity contribution in [2.75, 3.05) is 31.6 Å². The molecule has 3 fully saturated rings. The molecule has 12 nitrogen and oxygen atoms in total. The number of oxazole rings is 1. The van der Waals surface area contributed by atoms with E-state index in [2.05, 4.69) is 30.8 Å². The zero-order valence-electron chi connectivity index (χ0n) is 25.0. The fourth-order valence-electron chi connectivity index (χ4n) is 6.41. The monoisotopic (exact) mass is 634 g/mol. The van der Waals surface area contributed by atoms with Crippen molar-refractivity contribution in [3.8, 4) is 17.1 Å². The van der Waals surface area contributed by atoms with E-state index in [1.807, 2.05) is 13.8 Å². The Morgan fingerprint density at radius 2 is 1.93 bits per heavy atom. The van der Waals surface area contributed by atoms with Gasteiger partial charge in [-0.15, -0.1) is 0 Å². The molecule has 2 aliphatic heterocycles. The molecule has 3 atom stereocenters. The van der Waals surface area contributed by atoms with Crippen molar-refractivity contribution in [1.29, 1.82) is 0 Å². The van der Waals surface area contributed by atoms with Gasteiger partial charge < -0.3 is 29.6 Å². The van der Waals surface area contributed by atoms with Gasteiger partial charge in [0.15, 0.2) is 11.5 Å². The third-order valence-electron chi connectivity index (χ3n) is 8.67. The summed E-state index contributed by atoms with van der Waals surface area (Å²) in [5, 5.41) is 12.7. The molecule has 6 rings (SSSR count). The van der Waals surface area contributed by atoms with Crippen LogP contribution in [0.3, 0.4) is 0 Å². The normalized spacial score (nSPS) is 22.9. The van der Waals surface area contributed by atoms with Crippen molar-refractivity contribution in [2.24, 2.45) is 5.92 Å². The molecule has 242 valence electrons. The Morgan fingerprint density at radius 3 is 2.60 bits per heavy atom. The molecule has 3 aliphatic rings. The van der Waals surface area contributed by atoms with Crippen LogP contribution in [0.2, 0.25) is 0 Å². The van der Waals surface area contributed by atoms with Crippen molar-refractivity contribution >= 4 is 17.8 Å². The number of hydrogen-bond acceptors (Lipinski definition) is 9. The van der Waals surface area contributed by atoms with Gasteiger partial charge in [0, 0.05) is 54.8 Å². The molecule has 0 unspecified atom stereocenters. The summed E-state index contributed by atoms with van der Waals surface area (Å²) in [7, 11) is 1.41. The number of methoxy groups -OCH3 is 1. The molecular weight excluding hydrogens is 600 g/mol. The van der Waals surface area contributed by atoms with Crippen LogP contribution >= 0.6 is 0 Å². The Hall–Kier alpha value is -4.21. The Balaban J connectivity index is 1.11. The Bertz CT molecular complexity index is 1580. The molecule has 1 spiro atoms. The third-order valence-corrected chi connectivity index (χ3v) is 8.67. The van der Waals surface area contributed by atoms with Gasteiger partial charge in [0.25, 0.3) is 11.9 Å². The summed E-state index contributed by atoms with van der Waals surface area (Å²) in [6.45, 7) is 4.54. The molecular formula is C29H34F4N8O4. The molecule has 1 saturated carbocycles. The number of hydrogen-bond donors (Lipinski definition) is 3. The average Bonchev–Trinajstić information content (AvgIpc) is 3.39. The Morgan fingerprint density at radius 1 is 1.20 bits per heavy atom. The van der Waals surface area contributed by atoms with Crippen LogP contribution in [-0.4, -0.2) is 81.2 Å². The number of nitrogens with one attached hydrogen (secondary N) is 3. The van der Waals surface area contributed by atoms with E-state index in [0.717, 1.165) is 6.20 Å². The minimum Gasteiger partial charge on any atom is -0.481 e. The maximum Gasteiger partial charge on any atom is 0.451 e. The predicted molar refractivity (Wildman–Crippen MR) is 152 cm³/mol. The fourth-order valence-corrected chi connectivity index (χ4v) is 6.41. The second kappa shape index (κ2) is 11.6. The second-order valence-electron chi connectivity index (χ2n) is 12.1. The molecule has 0 aromatic carbocycles. The molecule has 0 radical (unpaired) electrons. The zero-order valence-corrected chi connectivity index (χ0v) is 25.0. The molecule has 3 aromatic rings. The highest BCUT2D eigenvalue weighted by molar-refractivity contribution is 5.94. The van der Waals surface area contributed by atoms with E-state index in [4.69, 9.17) is 9.15 Å². The summed E-state index contributed by atoms with van der Waals surface area (Å²) in [5.41, 5.74) is -0.393. The summed E-state index contributed by atoms with van der Waals surface area (Å²) in [5.74, 6) is -2.88. The number of H-pyrrole nitrogens is 1. The minimum atomic E-state index is -4.78. The van der Waals surface area contributed by atoms with Gasteiger partial charge in [-0.1, -0.05) is 0 Å². The summed E-state index contributed by atoms with van der Waals surface area (Å²) < 4.78 is 66.2. The van der Waals surface area contributed by atoms with Crippen molar-refractivity contribution in [2.45, 2.75) is 69.9 Å². The first-order valence-corrected chi connectivity index (χ1v) is 14.8. The lowest BCUT2D eigenvalue weighted by molar-refractivity contribution is -0.153. The molecule has 2 saturated heterocycles. The number of nitrogens with zero attached hydrogens (tertiary/aromatic N) is 5. The quantitative estimate of drug-likeness (QED) is 0.333. The number of carbonyl (C=O) groups excluding carboxylic acids is 2. The predicted octanol–water partition coefficient (Wildman–Crippen LogP) is 3.51. The summed E-state index contributed by atoms with van der Waals surface area (Å²) in [4.78, 5) is 38.0. The van der Waals surface area contributed by atoms with Crippen LogP contribution in [0.4, 0.5) is 23.6 Å². The maximum atomic E-state index is 14.4. The highest BCUT2D eigenvalue weighted by atomic mass is 19.4. The molecule has 45 heavy (non-hydrogen) atoms. The summed E-state index contributed by atoms with van der Waals surface area (Å²) in [6.07, 6.45) is -1.71. The summed E-state index contributed by atoms with van der Waals surface area (Å²) >= 11 is 0. The highest BCUT2D eigenvalue weighted by Crippen LogP contribution is 2.50. The maximum absolute atomic E-state index is 14.4. The number of anilines is 1. The fraction of sp³-hybridized carbons (Fsp3) is 0.552. The number of amides is 2. The molecule has 3 N–H and O–H groups in total. The average molecular weight is 635 g/mol. The largest absolute Gasteiger partial charge is 0.481 e. The van der Waals surface area contributed by atoms with Gasteiger partial charge in [0.05, 0.1) is 25.5 Å². The second-order valence-corrected chi connectivity index (χ2v) is 12.1. The van der Waals surface area contributed by atoms with E-state index in [9.17, 15) is 27.2 Å². The number of likely N-dealkylation sites (tertiary alicyclic amines) is 1. The number of aromatic amines is 1. The van der Waals surface area contributed by atoms with Gasteiger partial charge in [-0.05, 0) is 45.6 Å². The Labute approximate surface area is 255 Å². The number of alkyl halides is 3. The molecule has 1 aliphatic carbocycles. The van der Waals surface area contributed by atoms with Crippen molar-refractivity contribution in [3.05, 3.63) is 41.3 Å². The number of pyridine rings is 1. The van der Waals surface area contributed by atoms with Gasteiger partial charge in [-0.2, -0.15) is 23.3 Å². The first-order valence-electron chi connectivity index (χ1n) is 14.8. The van der Waals surface area contributed by atoms with Gasteiger partial charge in [0.2, 0.25) is 17.5 Å². The Kier molecular flexibility index (Phi) is 7.95. The standard InChI is InChI=1S/C29H34F4N8O4/c1-15-13-40(14-16(2)36-15)27-37-22(24(45-27)29(31,32)33)12-35-25(42)17-4-7-41(28(10-17)5-6-28)26(43)21-9-20(38-39-21)18-8-23(44-3)34-11-19(18)30/h8-9,11,15-17,36H,4-7,10,12-14H2,1-3H3,(H,35,42)(H,38,39)/t15-,16+,17-/m0/s1. The first-order chi connectivity index (χ1) is 21.4. The molecule has 16 heteroatoms.